The highest BCUT2D eigenvalue weighted by Gasteiger charge is 2.61. The Morgan fingerprint density at radius 1 is 0.946 bits per heavy atom. The summed E-state index contributed by atoms with van der Waals surface area (Å²) in [6.07, 6.45) is 4.77. The fourth-order valence-corrected chi connectivity index (χ4v) is 7.66. The molecule has 3 aliphatic rings. The van der Waals surface area contributed by atoms with Crippen molar-refractivity contribution in [2.24, 2.45) is 11.3 Å². The number of nitrogens with zero attached hydrogens (tertiary/aromatic N) is 3. The minimum atomic E-state index is -1.48. The minimum Gasteiger partial charge on any atom is -0.452 e. The molecule has 2 aromatic carbocycles. The Labute approximate surface area is 325 Å². The van der Waals surface area contributed by atoms with Gasteiger partial charge < -0.3 is 25.0 Å². The average molecular weight is 768 g/mol. The van der Waals surface area contributed by atoms with E-state index in [0.29, 0.717) is 16.7 Å². The monoisotopic (exact) mass is 767 g/mol. The van der Waals surface area contributed by atoms with Gasteiger partial charge in [-0.05, 0) is 48.6 Å². The lowest BCUT2D eigenvalue weighted by Gasteiger charge is -2.35. The summed E-state index contributed by atoms with van der Waals surface area (Å²) in [6, 6.07) is 15.5. The van der Waals surface area contributed by atoms with Crippen LogP contribution in [0.15, 0.2) is 84.3 Å². The van der Waals surface area contributed by atoms with Crippen LogP contribution >= 0.6 is 0 Å². The van der Waals surface area contributed by atoms with Gasteiger partial charge >= 0.3 is 12.2 Å². The van der Waals surface area contributed by atoms with Crippen LogP contribution in [-0.4, -0.2) is 82.0 Å². The van der Waals surface area contributed by atoms with Crippen molar-refractivity contribution in [3.63, 3.8) is 0 Å². The van der Waals surface area contributed by atoms with Crippen LogP contribution in [0, 0.1) is 11.3 Å². The molecule has 2 aliphatic carbocycles. The molecule has 1 aliphatic heterocycles. The molecule has 2 saturated carbocycles. The molecule has 0 radical (unpaired) electrons. The molecule has 6 rings (SSSR count). The molecule has 0 spiro atoms. The molecule has 3 aromatic rings. The highest BCUT2D eigenvalue weighted by Crippen LogP contribution is 2.45. The first kappa shape index (κ1) is 39.7. The largest absolute Gasteiger partial charge is 0.452 e. The molecular formula is C41H49N7O8. The van der Waals surface area contributed by atoms with Gasteiger partial charge in [-0.15, -0.1) is 6.58 Å². The number of likely N-dealkylation sites (tertiary alicyclic amines) is 1. The van der Waals surface area contributed by atoms with Crippen molar-refractivity contribution in [2.45, 2.75) is 89.1 Å². The van der Waals surface area contributed by atoms with Crippen LogP contribution in [0.5, 0.6) is 0 Å². The fraction of sp³-hybridized carbons (Fsp3) is 0.439. The Bertz CT molecular complexity index is 2030. The first-order chi connectivity index (χ1) is 26.8. The topological polar surface area (TPSA) is 190 Å². The lowest BCUT2D eigenvalue weighted by atomic mass is 9.85. The van der Waals surface area contributed by atoms with Crippen LogP contribution in [0.1, 0.15) is 65.3 Å². The lowest BCUT2D eigenvalue weighted by molar-refractivity contribution is -0.143. The van der Waals surface area contributed by atoms with E-state index in [1.807, 2.05) is 60.7 Å². The third kappa shape index (κ3) is 8.31. The molecule has 4 N–H and O–H groups in total. The maximum Gasteiger partial charge on any atom is 0.425 e. The number of hydrogen-bond donors (Lipinski definition) is 4. The highest BCUT2D eigenvalue weighted by atomic mass is 16.6. The van der Waals surface area contributed by atoms with Crippen LogP contribution in [0.2, 0.25) is 0 Å². The van der Waals surface area contributed by atoms with E-state index in [4.69, 9.17) is 4.74 Å². The standard InChI is InChI=1S/C41H49N7O8/c1-6-27-22-41(27,37(52)45-46-39(54)55-5)44-34(49)31-21-28(24-47(31)36(51)33(40(2,3)4)43-38(53)56-29-19-13-14-20-29)48-35(50)32(26-17-11-8-12-18-26)30(23-42-48)25-15-9-7-10-16-25/h6-12,15-18,23,27-29,31,33H,1,13-14,19-22,24H2,2-5H3,(H,43,53)(H,44,49)(H,45,52)(H,46,54)/t27-,28-,31+,33-,41+/m1/s1. The molecule has 5 amide bonds. The average Bonchev–Trinajstić information content (AvgIpc) is 3.46. The van der Waals surface area contributed by atoms with Crippen LogP contribution < -0.4 is 27.0 Å². The van der Waals surface area contributed by atoms with E-state index in [2.05, 4.69) is 37.9 Å². The van der Waals surface area contributed by atoms with Gasteiger partial charge in [0.05, 0.1) is 24.9 Å². The number of benzene rings is 2. The van der Waals surface area contributed by atoms with Gasteiger partial charge in [0.1, 0.15) is 23.7 Å². The molecule has 3 fully saturated rings. The van der Waals surface area contributed by atoms with Crippen LogP contribution in [0.4, 0.5) is 9.59 Å². The summed E-state index contributed by atoms with van der Waals surface area (Å²) in [6.45, 7) is 9.06. The summed E-state index contributed by atoms with van der Waals surface area (Å²) in [4.78, 5) is 83.4. The van der Waals surface area contributed by atoms with E-state index < -0.39 is 70.5 Å². The molecule has 15 heteroatoms. The quantitative estimate of drug-likeness (QED) is 0.173. The molecule has 5 atom stereocenters. The summed E-state index contributed by atoms with van der Waals surface area (Å²) in [5.41, 5.74) is 4.16. The zero-order chi connectivity index (χ0) is 40.2. The Morgan fingerprint density at radius 2 is 1.59 bits per heavy atom. The number of methoxy groups -OCH3 is 1. The summed E-state index contributed by atoms with van der Waals surface area (Å²) in [7, 11) is 1.14. The maximum atomic E-state index is 14.7. The number of hydrogen-bond acceptors (Lipinski definition) is 9. The second kappa shape index (κ2) is 16.4. The number of aromatic nitrogens is 2. The smallest absolute Gasteiger partial charge is 0.425 e. The first-order valence-corrected chi connectivity index (χ1v) is 18.9. The van der Waals surface area contributed by atoms with Gasteiger partial charge in [0, 0.05) is 24.4 Å². The summed E-state index contributed by atoms with van der Waals surface area (Å²) < 4.78 is 11.5. The fourth-order valence-electron chi connectivity index (χ4n) is 7.66. The minimum absolute atomic E-state index is 0.0381. The summed E-state index contributed by atoms with van der Waals surface area (Å²) in [5.74, 6) is -2.43. The molecule has 0 bridgehead atoms. The van der Waals surface area contributed by atoms with Crippen molar-refractivity contribution < 1.29 is 33.4 Å². The molecule has 0 unspecified atom stereocenters. The molecule has 56 heavy (non-hydrogen) atoms. The zero-order valence-electron chi connectivity index (χ0n) is 32.1. The van der Waals surface area contributed by atoms with E-state index in [1.54, 1.807) is 27.0 Å². The number of alkyl carbamates (subject to hydrolysis) is 1. The number of ether oxygens (including phenoxy) is 2. The zero-order valence-corrected chi connectivity index (χ0v) is 32.1. The van der Waals surface area contributed by atoms with Crippen molar-refractivity contribution in [1.29, 1.82) is 0 Å². The van der Waals surface area contributed by atoms with Crippen LogP contribution in [-0.2, 0) is 23.9 Å². The van der Waals surface area contributed by atoms with Gasteiger partial charge in [-0.25, -0.2) is 19.7 Å². The van der Waals surface area contributed by atoms with Crippen LogP contribution in [0.25, 0.3) is 22.3 Å². The van der Waals surface area contributed by atoms with E-state index >= 15 is 0 Å². The Balaban J connectivity index is 1.36. The van der Waals surface area contributed by atoms with Gasteiger partial charge in [-0.3, -0.25) is 24.6 Å². The third-order valence-electron chi connectivity index (χ3n) is 10.8. The second-order valence-corrected chi connectivity index (χ2v) is 15.6. The van der Waals surface area contributed by atoms with Gasteiger partial charge in [-0.1, -0.05) is 87.5 Å². The van der Waals surface area contributed by atoms with Crippen molar-refractivity contribution in [2.75, 3.05) is 13.7 Å². The lowest BCUT2D eigenvalue weighted by Crippen LogP contribution is -2.60. The normalized spacial score (nSPS) is 22.4. The van der Waals surface area contributed by atoms with Crippen LogP contribution in [0.3, 0.4) is 0 Å². The SMILES string of the molecule is C=C[C@@H]1C[C@@]1(NC(=O)[C@@H]1C[C@@H](n2ncc(-c3ccccc3)c(-c3ccccc3)c2=O)CN1C(=O)[C@@H](NC(=O)OC1CCCC1)C(C)(C)C)C(=O)NNC(=O)OC. The number of amides is 5. The number of nitrogens with one attached hydrogen (secondary N) is 4. The van der Waals surface area contributed by atoms with E-state index in [1.165, 1.54) is 15.7 Å². The molecule has 1 aromatic heterocycles. The van der Waals surface area contributed by atoms with Gasteiger partial charge in [-0.2, -0.15) is 5.10 Å². The number of rotatable bonds is 10. The van der Waals surface area contributed by atoms with Crippen molar-refractivity contribution in [3.8, 4) is 22.3 Å². The number of carbonyl (C=O) groups is 5. The van der Waals surface area contributed by atoms with Gasteiger partial charge in [0.15, 0.2) is 0 Å². The predicted octanol–water partition coefficient (Wildman–Crippen LogP) is 4.25. The van der Waals surface area contributed by atoms with Crippen molar-refractivity contribution in [3.05, 3.63) is 89.9 Å². The van der Waals surface area contributed by atoms with Crippen molar-refractivity contribution in [1.82, 2.24) is 36.2 Å². The van der Waals surface area contributed by atoms with E-state index in [9.17, 15) is 28.8 Å². The summed E-state index contributed by atoms with van der Waals surface area (Å²) >= 11 is 0. The van der Waals surface area contributed by atoms with Gasteiger partial charge in [0.2, 0.25) is 11.8 Å². The number of hydrazine groups is 1. The molecule has 1 saturated heterocycles. The molecule has 2 heterocycles. The highest BCUT2D eigenvalue weighted by molar-refractivity contribution is 5.99. The predicted molar refractivity (Wildman–Crippen MR) is 207 cm³/mol. The first-order valence-electron chi connectivity index (χ1n) is 18.9. The molecule has 296 valence electrons. The van der Waals surface area contributed by atoms with E-state index in [-0.39, 0.29) is 25.5 Å². The molecule has 15 nitrogen and oxygen atoms in total. The third-order valence-corrected chi connectivity index (χ3v) is 10.8. The Morgan fingerprint density at radius 3 is 2.18 bits per heavy atom. The number of carbonyl (C=O) groups excluding carboxylic acids is 5. The van der Waals surface area contributed by atoms with Gasteiger partial charge in [0.25, 0.3) is 11.5 Å². The second-order valence-electron chi connectivity index (χ2n) is 15.6. The Hall–Kier alpha value is -5.99. The maximum absolute atomic E-state index is 14.7. The Kier molecular flexibility index (Phi) is 11.6. The van der Waals surface area contributed by atoms with E-state index in [0.717, 1.165) is 38.4 Å². The van der Waals surface area contributed by atoms with Crippen molar-refractivity contribution >= 4 is 29.9 Å². The molecular weight excluding hydrogens is 718 g/mol. The summed E-state index contributed by atoms with van der Waals surface area (Å²) in [5, 5.41) is 10.2.